The van der Waals surface area contributed by atoms with Crippen LogP contribution in [0.4, 0.5) is 0 Å². The summed E-state index contributed by atoms with van der Waals surface area (Å²) in [4.78, 5) is 11.5. The molecule has 0 aliphatic heterocycles. The summed E-state index contributed by atoms with van der Waals surface area (Å²) in [7, 11) is 0. The molecule has 0 aliphatic carbocycles. The largest absolute Gasteiger partial charge is 0.354 e. The van der Waals surface area contributed by atoms with Crippen molar-refractivity contribution in [3.05, 3.63) is 34.9 Å². The van der Waals surface area contributed by atoms with Gasteiger partial charge in [-0.2, -0.15) is 0 Å². The first-order chi connectivity index (χ1) is 8.45. The highest BCUT2D eigenvalue weighted by Crippen LogP contribution is 2.23. The number of carbonyl (C=O) groups is 1. The molecule has 0 spiro atoms. The molecule has 1 aromatic carbocycles. The molecular formula is C14H21ClN2O. The van der Waals surface area contributed by atoms with E-state index in [1.807, 2.05) is 31.2 Å². The van der Waals surface area contributed by atoms with Crippen LogP contribution < -0.4 is 10.6 Å². The van der Waals surface area contributed by atoms with Crippen LogP contribution >= 0.6 is 11.6 Å². The fraction of sp³-hybridized carbons (Fsp3) is 0.500. The van der Waals surface area contributed by atoms with Crippen LogP contribution in [0.25, 0.3) is 0 Å². The van der Waals surface area contributed by atoms with E-state index in [1.54, 1.807) is 0 Å². The van der Waals surface area contributed by atoms with E-state index >= 15 is 0 Å². The second-order valence-corrected chi connectivity index (χ2v) is 5.38. The van der Waals surface area contributed by atoms with Gasteiger partial charge in [0.1, 0.15) is 0 Å². The quantitative estimate of drug-likeness (QED) is 0.832. The molecule has 0 aromatic heterocycles. The van der Waals surface area contributed by atoms with E-state index in [0.29, 0.717) is 13.1 Å². The van der Waals surface area contributed by atoms with Crippen molar-refractivity contribution >= 4 is 17.5 Å². The van der Waals surface area contributed by atoms with Crippen LogP contribution in [0.15, 0.2) is 24.3 Å². The Hall–Kier alpha value is -1.06. The fourth-order valence-electron chi connectivity index (χ4n) is 1.62. The average molecular weight is 269 g/mol. The predicted octanol–water partition coefficient (Wildman–Crippen LogP) is 2.34. The fourth-order valence-corrected chi connectivity index (χ4v) is 1.75. The van der Waals surface area contributed by atoms with E-state index < -0.39 is 0 Å². The smallest absolute Gasteiger partial charge is 0.233 e. The van der Waals surface area contributed by atoms with Gasteiger partial charge < -0.3 is 10.6 Å². The Kier molecular flexibility index (Phi) is 5.63. The third-order valence-electron chi connectivity index (χ3n) is 2.89. The molecule has 0 radical (unpaired) electrons. The number of rotatable bonds is 6. The van der Waals surface area contributed by atoms with Gasteiger partial charge in [0.25, 0.3) is 0 Å². The number of hydrogen-bond acceptors (Lipinski definition) is 2. The molecule has 0 saturated heterocycles. The number of hydrogen-bond donors (Lipinski definition) is 2. The van der Waals surface area contributed by atoms with Crippen molar-refractivity contribution in [2.75, 3.05) is 19.6 Å². The van der Waals surface area contributed by atoms with Crippen LogP contribution in [-0.4, -0.2) is 25.5 Å². The molecular weight excluding hydrogens is 248 g/mol. The molecule has 1 aromatic rings. The molecule has 4 heteroatoms. The average Bonchev–Trinajstić information content (AvgIpc) is 2.34. The lowest BCUT2D eigenvalue weighted by Gasteiger charge is -2.25. The second kappa shape index (κ2) is 6.76. The summed E-state index contributed by atoms with van der Waals surface area (Å²) >= 11 is 5.87. The minimum atomic E-state index is -0.105. The van der Waals surface area contributed by atoms with Gasteiger partial charge in [0, 0.05) is 17.0 Å². The number of nitrogens with one attached hydrogen (secondary N) is 2. The lowest BCUT2D eigenvalue weighted by atomic mass is 9.84. The summed E-state index contributed by atoms with van der Waals surface area (Å²) in [5.74, 6) is 0.0267. The molecule has 0 atom stereocenters. The molecule has 1 rings (SSSR count). The van der Waals surface area contributed by atoms with Gasteiger partial charge in [-0.25, -0.2) is 0 Å². The summed E-state index contributed by atoms with van der Waals surface area (Å²) < 4.78 is 0. The molecule has 18 heavy (non-hydrogen) atoms. The Morgan fingerprint density at radius 2 is 1.89 bits per heavy atom. The standard InChI is InChI=1S/C14H21ClN2O/c1-4-16-9-13(18)17-10-14(2,3)11-5-7-12(15)8-6-11/h5-8,16H,4,9-10H2,1-3H3,(H,17,18). The van der Waals surface area contributed by atoms with Gasteiger partial charge in [-0.15, -0.1) is 0 Å². The highest BCUT2D eigenvalue weighted by atomic mass is 35.5. The van der Waals surface area contributed by atoms with Crippen molar-refractivity contribution in [2.45, 2.75) is 26.2 Å². The summed E-state index contributed by atoms with van der Waals surface area (Å²) in [6.07, 6.45) is 0. The van der Waals surface area contributed by atoms with Crippen molar-refractivity contribution in [1.82, 2.24) is 10.6 Å². The van der Waals surface area contributed by atoms with Gasteiger partial charge in [0.15, 0.2) is 0 Å². The SMILES string of the molecule is CCNCC(=O)NCC(C)(C)c1ccc(Cl)cc1. The van der Waals surface area contributed by atoms with Crippen LogP contribution in [0.3, 0.4) is 0 Å². The minimum absolute atomic E-state index is 0.0267. The van der Waals surface area contributed by atoms with E-state index in [4.69, 9.17) is 11.6 Å². The van der Waals surface area contributed by atoms with Crippen LogP contribution in [-0.2, 0) is 10.2 Å². The zero-order chi connectivity index (χ0) is 13.6. The Morgan fingerprint density at radius 3 is 2.44 bits per heavy atom. The van der Waals surface area contributed by atoms with E-state index in [0.717, 1.165) is 17.1 Å². The molecule has 3 nitrogen and oxygen atoms in total. The van der Waals surface area contributed by atoms with Gasteiger partial charge in [-0.3, -0.25) is 4.79 Å². The molecule has 0 heterocycles. The maximum atomic E-state index is 11.5. The Morgan fingerprint density at radius 1 is 1.28 bits per heavy atom. The number of carbonyl (C=O) groups excluding carboxylic acids is 1. The van der Waals surface area contributed by atoms with Gasteiger partial charge >= 0.3 is 0 Å². The van der Waals surface area contributed by atoms with Crippen LogP contribution in [0.5, 0.6) is 0 Å². The van der Waals surface area contributed by atoms with Crippen LogP contribution in [0.1, 0.15) is 26.3 Å². The number of likely N-dealkylation sites (N-methyl/N-ethyl adjacent to an activating group) is 1. The van der Waals surface area contributed by atoms with Gasteiger partial charge in [-0.1, -0.05) is 44.5 Å². The van der Waals surface area contributed by atoms with Gasteiger partial charge in [-0.05, 0) is 24.2 Å². The van der Waals surface area contributed by atoms with E-state index in [2.05, 4.69) is 24.5 Å². The molecule has 0 bridgehead atoms. The molecule has 0 aliphatic rings. The molecule has 0 unspecified atom stereocenters. The Bertz CT molecular complexity index is 387. The first kappa shape index (κ1) is 15.0. The normalized spacial score (nSPS) is 11.3. The summed E-state index contributed by atoms with van der Waals surface area (Å²) in [5.41, 5.74) is 1.06. The van der Waals surface area contributed by atoms with Crippen LogP contribution in [0, 0.1) is 0 Å². The van der Waals surface area contributed by atoms with Gasteiger partial charge in [0.05, 0.1) is 6.54 Å². The van der Waals surface area contributed by atoms with Crippen molar-refractivity contribution < 1.29 is 4.79 Å². The van der Waals surface area contributed by atoms with Crippen LogP contribution in [0.2, 0.25) is 5.02 Å². The second-order valence-electron chi connectivity index (χ2n) is 4.95. The molecule has 0 saturated carbocycles. The Balaban J connectivity index is 2.54. The predicted molar refractivity (Wildman–Crippen MR) is 76.0 cm³/mol. The minimum Gasteiger partial charge on any atom is -0.354 e. The first-order valence-electron chi connectivity index (χ1n) is 6.19. The monoisotopic (exact) mass is 268 g/mol. The lowest BCUT2D eigenvalue weighted by molar-refractivity contribution is -0.120. The Labute approximate surface area is 114 Å². The van der Waals surface area contributed by atoms with E-state index in [-0.39, 0.29) is 11.3 Å². The summed E-state index contributed by atoms with van der Waals surface area (Å²) in [6, 6.07) is 7.75. The van der Waals surface area contributed by atoms with Gasteiger partial charge in [0.2, 0.25) is 5.91 Å². The lowest BCUT2D eigenvalue weighted by Crippen LogP contribution is -2.40. The zero-order valence-corrected chi connectivity index (χ0v) is 12.0. The van der Waals surface area contributed by atoms with Crippen molar-refractivity contribution in [3.8, 4) is 0 Å². The maximum Gasteiger partial charge on any atom is 0.233 e. The third kappa shape index (κ3) is 4.67. The van der Waals surface area contributed by atoms with Crippen molar-refractivity contribution in [3.63, 3.8) is 0 Å². The number of halogens is 1. The molecule has 100 valence electrons. The van der Waals surface area contributed by atoms with Crippen molar-refractivity contribution in [1.29, 1.82) is 0 Å². The zero-order valence-electron chi connectivity index (χ0n) is 11.2. The third-order valence-corrected chi connectivity index (χ3v) is 3.14. The number of amides is 1. The summed E-state index contributed by atoms with van der Waals surface area (Å²) in [5, 5.41) is 6.67. The topological polar surface area (TPSA) is 41.1 Å². The van der Waals surface area contributed by atoms with E-state index in [9.17, 15) is 4.79 Å². The van der Waals surface area contributed by atoms with Crippen molar-refractivity contribution in [2.24, 2.45) is 0 Å². The van der Waals surface area contributed by atoms with E-state index in [1.165, 1.54) is 0 Å². The summed E-state index contributed by atoms with van der Waals surface area (Å²) in [6.45, 7) is 7.96. The molecule has 2 N–H and O–H groups in total. The highest BCUT2D eigenvalue weighted by molar-refractivity contribution is 6.30. The molecule has 1 amide bonds. The molecule has 0 fully saturated rings. The highest BCUT2D eigenvalue weighted by Gasteiger charge is 2.21. The number of benzene rings is 1. The first-order valence-corrected chi connectivity index (χ1v) is 6.57. The maximum absolute atomic E-state index is 11.5.